The Hall–Kier alpha value is -1.14. The molecule has 2 atom stereocenters. The summed E-state index contributed by atoms with van der Waals surface area (Å²) in [6.07, 6.45) is 4.21. The molecule has 0 radical (unpaired) electrons. The van der Waals surface area contributed by atoms with E-state index in [4.69, 9.17) is 0 Å². The number of thiazole rings is 1. The van der Waals surface area contributed by atoms with Gasteiger partial charge in [0.05, 0.1) is 6.10 Å². The number of hydrogen-bond donors (Lipinski definition) is 3. The Morgan fingerprint density at radius 2 is 2.26 bits per heavy atom. The van der Waals surface area contributed by atoms with Crippen LogP contribution < -0.4 is 10.6 Å². The molecule has 2 unspecified atom stereocenters. The third-order valence-electron chi connectivity index (χ3n) is 2.62. The Balaban J connectivity index is 2.30. The molecule has 0 bridgehead atoms. The van der Waals surface area contributed by atoms with Crippen LogP contribution in [0.15, 0.2) is 6.20 Å². The van der Waals surface area contributed by atoms with Gasteiger partial charge >= 0.3 is 6.03 Å². The minimum Gasteiger partial charge on any atom is -0.393 e. The molecule has 5 nitrogen and oxygen atoms in total. The van der Waals surface area contributed by atoms with Gasteiger partial charge in [0, 0.05) is 17.6 Å². The Morgan fingerprint density at radius 3 is 2.89 bits per heavy atom. The van der Waals surface area contributed by atoms with Crippen LogP contribution in [-0.2, 0) is 6.42 Å². The third-order valence-corrected chi connectivity index (χ3v) is 3.60. The molecule has 0 aliphatic rings. The zero-order chi connectivity index (χ0) is 14.3. The van der Waals surface area contributed by atoms with E-state index < -0.39 is 0 Å². The number of nitrogens with one attached hydrogen (secondary N) is 2. The summed E-state index contributed by atoms with van der Waals surface area (Å²) in [4.78, 5) is 17.0. The van der Waals surface area contributed by atoms with Crippen molar-refractivity contribution in [2.45, 2.75) is 46.1 Å². The van der Waals surface area contributed by atoms with Crippen LogP contribution in [0.3, 0.4) is 0 Å². The molecule has 0 saturated carbocycles. The van der Waals surface area contributed by atoms with Crippen molar-refractivity contribution in [1.82, 2.24) is 10.3 Å². The summed E-state index contributed by atoms with van der Waals surface area (Å²) in [5.41, 5.74) is 0. The number of amides is 2. The monoisotopic (exact) mass is 285 g/mol. The number of aliphatic hydroxyl groups excluding tert-OH is 1. The lowest BCUT2D eigenvalue weighted by Crippen LogP contribution is -2.33. The number of carbonyl (C=O) groups is 1. The molecule has 0 aromatic carbocycles. The molecule has 0 fully saturated rings. The second kappa shape index (κ2) is 8.12. The molecule has 0 saturated heterocycles. The van der Waals surface area contributed by atoms with E-state index in [0.717, 1.165) is 12.8 Å². The highest BCUT2D eigenvalue weighted by molar-refractivity contribution is 7.15. The van der Waals surface area contributed by atoms with Crippen molar-refractivity contribution in [3.63, 3.8) is 0 Å². The molecule has 0 aliphatic heterocycles. The summed E-state index contributed by atoms with van der Waals surface area (Å²) in [6, 6.07) is -0.241. The number of aliphatic hydroxyl groups is 1. The van der Waals surface area contributed by atoms with Gasteiger partial charge in [-0.3, -0.25) is 5.32 Å². The quantitative estimate of drug-likeness (QED) is 0.721. The summed E-state index contributed by atoms with van der Waals surface area (Å²) in [6.45, 7) is 6.41. The molecule has 1 aromatic rings. The lowest BCUT2D eigenvalue weighted by Gasteiger charge is -2.14. The fourth-order valence-electron chi connectivity index (χ4n) is 1.80. The maximum atomic E-state index is 11.7. The Morgan fingerprint density at radius 1 is 1.53 bits per heavy atom. The van der Waals surface area contributed by atoms with Gasteiger partial charge in [-0.2, -0.15) is 0 Å². The smallest absolute Gasteiger partial charge is 0.321 e. The second-order valence-electron chi connectivity index (χ2n) is 4.91. The standard InChI is InChI=1S/C13H23N3O2S/c1-4-5-11-8-15-13(19-11)16-12(18)14-7-9(2)6-10(3)17/h8-10,17H,4-7H2,1-3H3,(H2,14,15,16,18). The van der Waals surface area contributed by atoms with Crippen molar-refractivity contribution < 1.29 is 9.90 Å². The van der Waals surface area contributed by atoms with Crippen molar-refractivity contribution in [1.29, 1.82) is 0 Å². The Kier molecular flexibility index (Phi) is 6.80. The highest BCUT2D eigenvalue weighted by atomic mass is 32.1. The van der Waals surface area contributed by atoms with E-state index in [1.54, 1.807) is 13.1 Å². The zero-order valence-electron chi connectivity index (χ0n) is 11.8. The van der Waals surface area contributed by atoms with Gasteiger partial charge in [-0.05, 0) is 25.7 Å². The average Bonchev–Trinajstić information content (AvgIpc) is 2.73. The van der Waals surface area contributed by atoms with E-state index in [-0.39, 0.29) is 18.1 Å². The van der Waals surface area contributed by atoms with Gasteiger partial charge in [-0.25, -0.2) is 9.78 Å². The second-order valence-corrected chi connectivity index (χ2v) is 6.02. The lowest BCUT2D eigenvalue weighted by molar-refractivity contribution is 0.163. The van der Waals surface area contributed by atoms with Gasteiger partial charge in [0.15, 0.2) is 5.13 Å². The predicted molar refractivity (Wildman–Crippen MR) is 78.6 cm³/mol. The van der Waals surface area contributed by atoms with Crippen LogP contribution in [-0.4, -0.2) is 28.8 Å². The molecular formula is C13H23N3O2S. The zero-order valence-corrected chi connectivity index (χ0v) is 12.6. The van der Waals surface area contributed by atoms with Gasteiger partial charge in [-0.15, -0.1) is 11.3 Å². The molecule has 2 amide bonds. The topological polar surface area (TPSA) is 74.2 Å². The van der Waals surface area contributed by atoms with E-state index in [9.17, 15) is 9.90 Å². The minimum atomic E-state index is -0.338. The first-order valence-electron chi connectivity index (χ1n) is 6.68. The Labute approximate surface area is 118 Å². The van der Waals surface area contributed by atoms with Gasteiger partial charge < -0.3 is 10.4 Å². The Bertz CT molecular complexity index is 393. The van der Waals surface area contributed by atoms with Gasteiger partial charge in [0.25, 0.3) is 0 Å². The van der Waals surface area contributed by atoms with Crippen LogP contribution >= 0.6 is 11.3 Å². The number of aryl methyl sites for hydroxylation is 1. The number of nitrogens with zero attached hydrogens (tertiary/aromatic N) is 1. The fraction of sp³-hybridized carbons (Fsp3) is 0.692. The van der Waals surface area contributed by atoms with E-state index in [1.807, 2.05) is 6.92 Å². The SMILES string of the molecule is CCCc1cnc(NC(=O)NCC(C)CC(C)O)s1. The summed E-state index contributed by atoms with van der Waals surface area (Å²) in [5, 5.41) is 15.4. The highest BCUT2D eigenvalue weighted by Gasteiger charge is 2.09. The van der Waals surface area contributed by atoms with Crippen LogP contribution in [0.4, 0.5) is 9.93 Å². The van der Waals surface area contributed by atoms with E-state index in [1.165, 1.54) is 16.2 Å². The predicted octanol–water partition coefficient (Wildman–Crippen LogP) is 2.62. The molecule has 1 aromatic heterocycles. The van der Waals surface area contributed by atoms with Crippen LogP contribution in [0.2, 0.25) is 0 Å². The third kappa shape index (κ3) is 6.54. The van der Waals surface area contributed by atoms with Crippen LogP contribution in [0.1, 0.15) is 38.5 Å². The van der Waals surface area contributed by atoms with Crippen LogP contribution in [0, 0.1) is 5.92 Å². The first kappa shape index (κ1) is 15.9. The molecule has 0 aliphatic carbocycles. The van der Waals surface area contributed by atoms with Crippen LogP contribution in [0.25, 0.3) is 0 Å². The number of anilines is 1. The summed E-state index contributed by atoms with van der Waals surface area (Å²) in [5.74, 6) is 0.248. The van der Waals surface area contributed by atoms with E-state index in [0.29, 0.717) is 18.1 Å². The van der Waals surface area contributed by atoms with Crippen molar-refractivity contribution in [3.05, 3.63) is 11.1 Å². The molecule has 1 rings (SSSR count). The van der Waals surface area contributed by atoms with E-state index >= 15 is 0 Å². The molecule has 1 heterocycles. The summed E-state index contributed by atoms with van der Waals surface area (Å²) in [7, 11) is 0. The van der Waals surface area contributed by atoms with Crippen molar-refractivity contribution in [2.75, 3.05) is 11.9 Å². The molecular weight excluding hydrogens is 262 g/mol. The first-order valence-corrected chi connectivity index (χ1v) is 7.50. The summed E-state index contributed by atoms with van der Waals surface area (Å²) >= 11 is 1.51. The minimum absolute atomic E-state index is 0.241. The number of urea groups is 1. The van der Waals surface area contributed by atoms with E-state index in [2.05, 4.69) is 22.5 Å². The molecule has 19 heavy (non-hydrogen) atoms. The van der Waals surface area contributed by atoms with Gasteiger partial charge in [0.1, 0.15) is 0 Å². The fourth-order valence-corrected chi connectivity index (χ4v) is 2.71. The van der Waals surface area contributed by atoms with Gasteiger partial charge in [0.2, 0.25) is 0 Å². The number of aromatic nitrogens is 1. The van der Waals surface area contributed by atoms with Crippen molar-refractivity contribution in [3.8, 4) is 0 Å². The summed E-state index contributed by atoms with van der Waals surface area (Å²) < 4.78 is 0. The number of rotatable bonds is 7. The lowest BCUT2D eigenvalue weighted by atomic mass is 10.1. The maximum absolute atomic E-state index is 11.7. The largest absolute Gasteiger partial charge is 0.393 e. The maximum Gasteiger partial charge on any atom is 0.321 e. The van der Waals surface area contributed by atoms with Crippen molar-refractivity contribution in [2.24, 2.45) is 5.92 Å². The molecule has 108 valence electrons. The average molecular weight is 285 g/mol. The molecule has 3 N–H and O–H groups in total. The number of carbonyl (C=O) groups excluding carboxylic acids is 1. The molecule has 6 heteroatoms. The normalized spacial score (nSPS) is 13.9. The van der Waals surface area contributed by atoms with Crippen molar-refractivity contribution >= 4 is 22.5 Å². The molecule has 0 spiro atoms. The number of hydrogen-bond acceptors (Lipinski definition) is 4. The van der Waals surface area contributed by atoms with Gasteiger partial charge in [-0.1, -0.05) is 20.3 Å². The van der Waals surface area contributed by atoms with Crippen LogP contribution in [0.5, 0.6) is 0 Å². The first-order chi connectivity index (χ1) is 9.01. The highest BCUT2D eigenvalue weighted by Crippen LogP contribution is 2.19.